The molecule has 0 spiro atoms. The Kier molecular flexibility index (Phi) is 5.48. The molecule has 0 radical (unpaired) electrons. The van der Waals surface area contributed by atoms with Crippen molar-refractivity contribution in [3.8, 4) is 0 Å². The molecule has 1 aromatic heterocycles. The fraction of sp³-hybridized carbons (Fsp3) is 0.389. The quantitative estimate of drug-likeness (QED) is 0.821. The number of nitrogens with one attached hydrogen (secondary N) is 1. The average Bonchev–Trinajstić information content (AvgIpc) is 2.53. The van der Waals surface area contributed by atoms with Crippen LogP contribution < -0.4 is 5.32 Å². The van der Waals surface area contributed by atoms with Gasteiger partial charge in [0.05, 0.1) is 0 Å². The van der Waals surface area contributed by atoms with Crippen LogP contribution in [0, 0.1) is 5.41 Å². The van der Waals surface area contributed by atoms with Crippen LogP contribution in [0.4, 0.5) is 0 Å². The van der Waals surface area contributed by atoms with Crippen molar-refractivity contribution >= 4 is 0 Å². The Balaban J connectivity index is 2.03. The molecule has 1 atom stereocenters. The second-order valence-corrected chi connectivity index (χ2v) is 6.10. The molecule has 0 saturated carbocycles. The van der Waals surface area contributed by atoms with Gasteiger partial charge in [0.25, 0.3) is 0 Å². The van der Waals surface area contributed by atoms with Crippen LogP contribution in [0.3, 0.4) is 0 Å². The van der Waals surface area contributed by atoms with E-state index in [1.54, 1.807) is 6.20 Å². The van der Waals surface area contributed by atoms with Crippen LogP contribution in [0.15, 0.2) is 54.9 Å². The number of aromatic nitrogens is 1. The molecule has 2 N–H and O–H groups in total. The van der Waals surface area contributed by atoms with Crippen molar-refractivity contribution in [1.82, 2.24) is 10.3 Å². The third-order valence-corrected chi connectivity index (χ3v) is 3.95. The predicted octanol–water partition coefficient (Wildman–Crippen LogP) is 2.97. The highest BCUT2D eigenvalue weighted by molar-refractivity contribution is 5.22. The molecule has 2 rings (SSSR count). The number of rotatable bonds is 7. The molecule has 3 nitrogen and oxygen atoms in total. The Labute approximate surface area is 127 Å². The Morgan fingerprint density at radius 3 is 2.52 bits per heavy atom. The first-order valence-electron chi connectivity index (χ1n) is 7.39. The van der Waals surface area contributed by atoms with E-state index >= 15 is 0 Å². The van der Waals surface area contributed by atoms with E-state index < -0.39 is 0 Å². The van der Waals surface area contributed by atoms with Crippen LogP contribution in [0.1, 0.15) is 30.9 Å². The number of benzene rings is 1. The minimum absolute atomic E-state index is 0.163. The Morgan fingerprint density at radius 1 is 1.14 bits per heavy atom. The Bertz CT molecular complexity index is 525. The van der Waals surface area contributed by atoms with Crippen molar-refractivity contribution < 1.29 is 5.11 Å². The number of hydrogen-bond donors (Lipinski definition) is 2. The average molecular weight is 284 g/mol. The predicted molar refractivity (Wildman–Crippen MR) is 86.0 cm³/mol. The topological polar surface area (TPSA) is 45.1 Å². The molecule has 1 unspecified atom stereocenters. The molecule has 112 valence electrons. The molecule has 0 aliphatic rings. The largest absolute Gasteiger partial charge is 0.396 e. The van der Waals surface area contributed by atoms with Crippen LogP contribution in [0.5, 0.6) is 0 Å². The lowest BCUT2D eigenvalue weighted by molar-refractivity contribution is 0.129. The summed E-state index contributed by atoms with van der Waals surface area (Å²) in [4.78, 5) is 4.13. The maximum Gasteiger partial charge on any atom is 0.0488 e. The standard InChI is InChI=1S/C18H24N2O/c1-18(2,14-21)17(16-8-4-3-5-9-16)13-20-12-15-7-6-10-19-11-15/h3-11,17,20-21H,12-14H2,1-2H3. The first-order chi connectivity index (χ1) is 10.1. The maximum absolute atomic E-state index is 9.70. The van der Waals surface area contributed by atoms with Crippen LogP contribution in [0.25, 0.3) is 0 Å². The minimum atomic E-state index is -0.163. The lowest BCUT2D eigenvalue weighted by Crippen LogP contribution is -2.34. The molecule has 3 heteroatoms. The van der Waals surface area contributed by atoms with Crippen molar-refractivity contribution in [3.05, 3.63) is 66.0 Å². The molecule has 21 heavy (non-hydrogen) atoms. The molecule has 0 aliphatic carbocycles. The lowest BCUT2D eigenvalue weighted by Gasteiger charge is -2.33. The summed E-state index contributed by atoms with van der Waals surface area (Å²) in [5, 5.41) is 13.2. The summed E-state index contributed by atoms with van der Waals surface area (Å²) >= 11 is 0. The minimum Gasteiger partial charge on any atom is -0.396 e. The van der Waals surface area contributed by atoms with Gasteiger partial charge >= 0.3 is 0 Å². The number of aliphatic hydroxyl groups excluding tert-OH is 1. The molecule has 0 amide bonds. The van der Waals surface area contributed by atoms with E-state index in [4.69, 9.17) is 0 Å². The second kappa shape index (κ2) is 7.34. The van der Waals surface area contributed by atoms with Gasteiger partial charge in [-0.1, -0.05) is 50.2 Å². The SMILES string of the molecule is CC(C)(CO)C(CNCc1cccnc1)c1ccccc1. The third kappa shape index (κ3) is 4.38. The van der Waals surface area contributed by atoms with Crippen LogP contribution in [-0.4, -0.2) is 23.2 Å². The Morgan fingerprint density at radius 2 is 1.90 bits per heavy atom. The Hall–Kier alpha value is -1.71. The highest BCUT2D eigenvalue weighted by atomic mass is 16.3. The van der Waals surface area contributed by atoms with Crippen LogP contribution in [0.2, 0.25) is 0 Å². The maximum atomic E-state index is 9.70. The summed E-state index contributed by atoms with van der Waals surface area (Å²) in [5.74, 6) is 0.264. The number of nitrogens with zero attached hydrogens (tertiary/aromatic N) is 1. The van der Waals surface area contributed by atoms with E-state index in [-0.39, 0.29) is 17.9 Å². The molecular formula is C18H24N2O. The zero-order valence-electron chi connectivity index (χ0n) is 12.8. The van der Waals surface area contributed by atoms with Crippen LogP contribution >= 0.6 is 0 Å². The summed E-state index contributed by atoms with van der Waals surface area (Å²) in [6.45, 7) is 6.00. The highest BCUT2D eigenvalue weighted by Crippen LogP contribution is 2.34. The fourth-order valence-electron chi connectivity index (χ4n) is 2.50. The molecule has 0 fully saturated rings. The van der Waals surface area contributed by atoms with Crippen molar-refractivity contribution in [2.45, 2.75) is 26.3 Å². The number of pyridine rings is 1. The molecule has 1 heterocycles. The van der Waals surface area contributed by atoms with Crippen molar-refractivity contribution in [2.75, 3.05) is 13.2 Å². The molecular weight excluding hydrogens is 260 g/mol. The molecule has 1 aromatic carbocycles. The van der Waals surface area contributed by atoms with Gasteiger partial charge in [-0.2, -0.15) is 0 Å². The number of hydrogen-bond acceptors (Lipinski definition) is 3. The lowest BCUT2D eigenvalue weighted by atomic mass is 9.75. The second-order valence-electron chi connectivity index (χ2n) is 6.10. The van der Waals surface area contributed by atoms with Crippen LogP contribution in [-0.2, 0) is 6.54 Å². The van der Waals surface area contributed by atoms with Crippen molar-refractivity contribution in [3.63, 3.8) is 0 Å². The summed E-state index contributed by atoms with van der Waals surface area (Å²) < 4.78 is 0. The van der Waals surface area contributed by atoms with Gasteiger partial charge in [0, 0.05) is 38.0 Å². The molecule has 0 saturated heterocycles. The smallest absolute Gasteiger partial charge is 0.0488 e. The van der Waals surface area contributed by atoms with Gasteiger partial charge in [-0.25, -0.2) is 0 Å². The van der Waals surface area contributed by atoms with Gasteiger partial charge in [0.1, 0.15) is 0 Å². The van der Waals surface area contributed by atoms with Gasteiger partial charge < -0.3 is 10.4 Å². The summed E-state index contributed by atoms with van der Waals surface area (Å²) in [6, 6.07) is 14.4. The number of aliphatic hydroxyl groups is 1. The van der Waals surface area contributed by atoms with Gasteiger partial charge in [0.2, 0.25) is 0 Å². The van der Waals surface area contributed by atoms with E-state index in [9.17, 15) is 5.11 Å². The van der Waals surface area contributed by atoms with E-state index in [2.05, 4.69) is 54.5 Å². The molecule has 0 aliphatic heterocycles. The normalized spacial score (nSPS) is 13.1. The van der Waals surface area contributed by atoms with E-state index in [0.717, 1.165) is 13.1 Å². The van der Waals surface area contributed by atoms with Crippen molar-refractivity contribution in [1.29, 1.82) is 0 Å². The zero-order valence-corrected chi connectivity index (χ0v) is 12.8. The van der Waals surface area contributed by atoms with Gasteiger partial charge in [-0.05, 0) is 22.6 Å². The summed E-state index contributed by atoms with van der Waals surface area (Å²) in [6.07, 6.45) is 3.66. The fourth-order valence-corrected chi connectivity index (χ4v) is 2.50. The first-order valence-corrected chi connectivity index (χ1v) is 7.39. The molecule has 0 bridgehead atoms. The van der Waals surface area contributed by atoms with E-state index in [1.165, 1.54) is 11.1 Å². The highest BCUT2D eigenvalue weighted by Gasteiger charge is 2.29. The monoisotopic (exact) mass is 284 g/mol. The van der Waals surface area contributed by atoms with Gasteiger partial charge in [-0.15, -0.1) is 0 Å². The van der Waals surface area contributed by atoms with Crippen molar-refractivity contribution in [2.24, 2.45) is 5.41 Å². The van der Waals surface area contributed by atoms with Gasteiger partial charge in [-0.3, -0.25) is 4.98 Å². The van der Waals surface area contributed by atoms with E-state index in [1.807, 2.05) is 18.3 Å². The van der Waals surface area contributed by atoms with Gasteiger partial charge in [0.15, 0.2) is 0 Å². The molecule has 2 aromatic rings. The summed E-state index contributed by atoms with van der Waals surface area (Å²) in [7, 11) is 0. The first kappa shape index (κ1) is 15.7. The third-order valence-electron chi connectivity index (χ3n) is 3.95. The van der Waals surface area contributed by atoms with E-state index in [0.29, 0.717) is 0 Å². The zero-order chi connectivity index (χ0) is 15.1. The summed E-state index contributed by atoms with van der Waals surface area (Å²) in [5.41, 5.74) is 2.27.